The van der Waals surface area contributed by atoms with Gasteiger partial charge < -0.3 is 10.2 Å². The van der Waals surface area contributed by atoms with E-state index in [9.17, 15) is 22.4 Å². The predicted molar refractivity (Wildman–Crippen MR) is 98.8 cm³/mol. The van der Waals surface area contributed by atoms with Gasteiger partial charge in [-0.05, 0) is 25.1 Å². The van der Waals surface area contributed by atoms with E-state index >= 15 is 0 Å². The van der Waals surface area contributed by atoms with E-state index in [2.05, 4.69) is 5.32 Å². The summed E-state index contributed by atoms with van der Waals surface area (Å²) in [4.78, 5) is 26.0. The molecule has 0 spiro atoms. The Hall–Kier alpha value is -2.00. The lowest BCUT2D eigenvalue weighted by atomic mass is 9.95. The lowest BCUT2D eigenvalue weighted by Gasteiger charge is -2.35. The molecule has 27 heavy (non-hydrogen) atoms. The summed E-state index contributed by atoms with van der Waals surface area (Å²) in [5.74, 6) is -1.10. The van der Waals surface area contributed by atoms with E-state index in [1.54, 1.807) is 27.7 Å². The monoisotopic (exact) mass is 399 g/mol. The SMILES string of the molecule is CC(NC(=O)C(C)(C)C)C(=O)N1CCN(S(=O)(=O)c2cccc(F)c2)CC1. The Morgan fingerprint density at radius 3 is 2.26 bits per heavy atom. The Bertz CT molecular complexity index is 812. The molecule has 1 unspecified atom stereocenters. The van der Waals surface area contributed by atoms with Crippen molar-refractivity contribution in [3.05, 3.63) is 30.1 Å². The molecule has 0 radical (unpaired) electrons. The first kappa shape index (κ1) is 21.3. The number of carbonyl (C=O) groups is 2. The standard InChI is InChI=1S/C18H26FN3O4S/c1-13(20-17(24)18(2,3)4)16(23)21-8-10-22(11-9-21)27(25,26)15-7-5-6-14(19)12-15/h5-7,12-13H,8-11H2,1-4H3,(H,20,24). The van der Waals surface area contributed by atoms with Gasteiger partial charge in [-0.1, -0.05) is 26.8 Å². The Labute approximate surface area is 159 Å². The van der Waals surface area contributed by atoms with Crippen molar-refractivity contribution in [1.29, 1.82) is 0 Å². The summed E-state index contributed by atoms with van der Waals surface area (Å²) in [6, 6.07) is 4.17. The van der Waals surface area contributed by atoms with Crippen LogP contribution in [0.25, 0.3) is 0 Å². The fourth-order valence-corrected chi connectivity index (χ4v) is 4.13. The van der Waals surface area contributed by atoms with E-state index in [0.29, 0.717) is 0 Å². The van der Waals surface area contributed by atoms with Crippen molar-refractivity contribution in [2.24, 2.45) is 5.41 Å². The van der Waals surface area contributed by atoms with E-state index in [1.165, 1.54) is 27.4 Å². The first-order valence-electron chi connectivity index (χ1n) is 8.78. The molecule has 1 heterocycles. The summed E-state index contributed by atoms with van der Waals surface area (Å²) in [7, 11) is -3.81. The highest BCUT2D eigenvalue weighted by Gasteiger charge is 2.33. The molecule has 150 valence electrons. The molecule has 2 rings (SSSR count). The molecule has 1 aliphatic heterocycles. The van der Waals surface area contributed by atoms with Crippen molar-refractivity contribution in [2.75, 3.05) is 26.2 Å². The second kappa shape index (κ2) is 7.93. The normalized spacial score (nSPS) is 17.4. The number of hydrogen-bond acceptors (Lipinski definition) is 4. The molecule has 1 saturated heterocycles. The van der Waals surface area contributed by atoms with Crippen LogP contribution in [0.2, 0.25) is 0 Å². The van der Waals surface area contributed by atoms with Gasteiger partial charge >= 0.3 is 0 Å². The molecule has 0 saturated carbocycles. The maximum absolute atomic E-state index is 13.3. The number of benzene rings is 1. The Balaban J connectivity index is 1.98. The quantitative estimate of drug-likeness (QED) is 0.825. The topological polar surface area (TPSA) is 86.8 Å². The largest absolute Gasteiger partial charge is 0.344 e. The Morgan fingerprint density at radius 1 is 1.15 bits per heavy atom. The molecular formula is C18H26FN3O4S. The zero-order valence-corrected chi connectivity index (χ0v) is 16.8. The number of sulfonamides is 1. The second-order valence-electron chi connectivity index (χ2n) is 7.63. The van der Waals surface area contributed by atoms with Gasteiger partial charge in [0.05, 0.1) is 4.90 Å². The zero-order valence-electron chi connectivity index (χ0n) is 16.0. The van der Waals surface area contributed by atoms with Gasteiger partial charge in [-0.25, -0.2) is 12.8 Å². The first-order chi connectivity index (χ1) is 12.4. The summed E-state index contributed by atoms with van der Waals surface area (Å²) < 4.78 is 39.8. The molecule has 1 aromatic carbocycles. The molecule has 2 amide bonds. The lowest BCUT2D eigenvalue weighted by Crippen LogP contribution is -2.55. The zero-order chi connectivity index (χ0) is 20.4. The molecule has 0 aromatic heterocycles. The van der Waals surface area contributed by atoms with Crippen LogP contribution in [0.4, 0.5) is 4.39 Å². The Morgan fingerprint density at radius 2 is 1.74 bits per heavy atom. The highest BCUT2D eigenvalue weighted by Crippen LogP contribution is 2.19. The van der Waals surface area contributed by atoms with Crippen molar-refractivity contribution in [1.82, 2.24) is 14.5 Å². The molecule has 1 fully saturated rings. The van der Waals surface area contributed by atoms with Crippen molar-refractivity contribution < 1.29 is 22.4 Å². The van der Waals surface area contributed by atoms with Gasteiger partial charge in [0, 0.05) is 31.6 Å². The van der Waals surface area contributed by atoms with E-state index < -0.39 is 27.3 Å². The number of piperazine rings is 1. The number of halogens is 1. The van der Waals surface area contributed by atoms with E-state index in [1.807, 2.05) is 0 Å². The summed E-state index contributed by atoms with van der Waals surface area (Å²) >= 11 is 0. The highest BCUT2D eigenvalue weighted by molar-refractivity contribution is 7.89. The van der Waals surface area contributed by atoms with Crippen LogP contribution < -0.4 is 5.32 Å². The van der Waals surface area contributed by atoms with Crippen LogP contribution in [0.1, 0.15) is 27.7 Å². The van der Waals surface area contributed by atoms with Crippen LogP contribution in [-0.4, -0.2) is 61.7 Å². The van der Waals surface area contributed by atoms with Crippen LogP contribution in [0, 0.1) is 11.2 Å². The van der Waals surface area contributed by atoms with Gasteiger partial charge in [-0.2, -0.15) is 4.31 Å². The number of rotatable bonds is 4. The van der Waals surface area contributed by atoms with Crippen molar-refractivity contribution in [3.63, 3.8) is 0 Å². The summed E-state index contributed by atoms with van der Waals surface area (Å²) in [5, 5.41) is 2.69. The van der Waals surface area contributed by atoms with Crippen molar-refractivity contribution in [2.45, 2.75) is 38.6 Å². The van der Waals surface area contributed by atoms with E-state index in [4.69, 9.17) is 0 Å². The van der Waals surface area contributed by atoms with Crippen LogP contribution in [0.5, 0.6) is 0 Å². The van der Waals surface area contributed by atoms with Crippen molar-refractivity contribution in [3.8, 4) is 0 Å². The van der Waals surface area contributed by atoms with Gasteiger partial charge in [-0.3, -0.25) is 9.59 Å². The van der Waals surface area contributed by atoms with Crippen LogP contribution >= 0.6 is 0 Å². The second-order valence-corrected chi connectivity index (χ2v) is 9.57. The molecule has 0 aliphatic carbocycles. The molecule has 1 aromatic rings. The van der Waals surface area contributed by atoms with Gasteiger partial charge in [0.25, 0.3) is 0 Å². The fraction of sp³-hybridized carbons (Fsp3) is 0.556. The molecule has 0 bridgehead atoms. The smallest absolute Gasteiger partial charge is 0.244 e. The van der Waals surface area contributed by atoms with E-state index in [-0.39, 0.29) is 42.9 Å². The average Bonchev–Trinajstić information content (AvgIpc) is 2.60. The number of carbonyl (C=O) groups excluding carboxylic acids is 2. The van der Waals surface area contributed by atoms with E-state index in [0.717, 1.165) is 6.07 Å². The summed E-state index contributed by atoms with van der Waals surface area (Å²) in [5.41, 5.74) is -0.605. The average molecular weight is 399 g/mol. The van der Waals surface area contributed by atoms with Gasteiger partial charge in [0.1, 0.15) is 11.9 Å². The minimum Gasteiger partial charge on any atom is -0.344 e. The number of nitrogens with one attached hydrogen (secondary N) is 1. The third kappa shape index (κ3) is 5.04. The highest BCUT2D eigenvalue weighted by atomic mass is 32.2. The Kier molecular flexibility index (Phi) is 6.26. The van der Waals surface area contributed by atoms with Gasteiger partial charge in [0.15, 0.2) is 0 Å². The van der Waals surface area contributed by atoms with Crippen molar-refractivity contribution >= 4 is 21.8 Å². The molecule has 7 nitrogen and oxygen atoms in total. The minimum absolute atomic E-state index is 0.104. The number of amides is 2. The predicted octanol–water partition coefficient (Wildman–Crippen LogP) is 1.21. The molecular weight excluding hydrogens is 373 g/mol. The lowest BCUT2D eigenvalue weighted by molar-refractivity contribution is -0.139. The third-order valence-corrected chi connectivity index (χ3v) is 6.28. The summed E-state index contributed by atoms with van der Waals surface area (Å²) in [6.07, 6.45) is 0. The maximum Gasteiger partial charge on any atom is 0.244 e. The van der Waals surface area contributed by atoms with Gasteiger partial charge in [-0.15, -0.1) is 0 Å². The van der Waals surface area contributed by atoms with Crippen LogP contribution in [0.15, 0.2) is 29.2 Å². The molecule has 1 atom stereocenters. The van der Waals surface area contributed by atoms with Crippen LogP contribution in [0.3, 0.4) is 0 Å². The maximum atomic E-state index is 13.3. The molecule has 1 N–H and O–H groups in total. The number of hydrogen-bond donors (Lipinski definition) is 1. The third-order valence-electron chi connectivity index (χ3n) is 4.38. The molecule has 9 heteroatoms. The fourth-order valence-electron chi connectivity index (χ4n) is 2.67. The first-order valence-corrected chi connectivity index (χ1v) is 10.2. The summed E-state index contributed by atoms with van der Waals surface area (Å²) in [6.45, 7) is 7.55. The minimum atomic E-state index is -3.81. The van der Waals surface area contributed by atoms with Gasteiger partial charge in [0.2, 0.25) is 21.8 Å². The van der Waals surface area contributed by atoms with Crippen LogP contribution in [-0.2, 0) is 19.6 Å². The number of nitrogens with zero attached hydrogens (tertiary/aromatic N) is 2. The molecule has 1 aliphatic rings.